The summed E-state index contributed by atoms with van der Waals surface area (Å²) in [7, 11) is 0. The molecule has 1 aliphatic heterocycles. The maximum absolute atomic E-state index is 6.16. The Labute approximate surface area is 122 Å². The van der Waals surface area contributed by atoms with Gasteiger partial charge >= 0.3 is 0 Å². The number of hydrogen-bond donors (Lipinski definition) is 1. The normalized spacial score (nSPS) is 14.3. The first-order valence-electron chi connectivity index (χ1n) is 6.45. The molecule has 0 radical (unpaired) electrons. The molecule has 3 rings (SSSR count). The topological polar surface area (TPSA) is 43.4 Å². The van der Waals surface area contributed by atoms with Gasteiger partial charge in [-0.05, 0) is 36.2 Å². The van der Waals surface area contributed by atoms with Crippen LogP contribution < -0.4 is 14.8 Å². The Kier molecular flexibility index (Phi) is 3.76. The Hall–Kier alpha value is -1.78. The van der Waals surface area contributed by atoms with Gasteiger partial charge in [0.15, 0.2) is 11.5 Å². The fourth-order valence-electron chi connectivity index (χ4n) is 2.14. The zero-order valence-electron chi connectivity index (χ0n) is 11.1. The van der Waals surface area contributed by atoms with Gasteiger partial charge in [0.2, 0.25) is 6.79 Å². The fraction of sp³-hybridized carbons (Fsp3) is 0.267. The summed E-state index contributed by atoms with van der Waals surface area (Å²) in [4.78, 5) is 4.12. The van der Waals surface area contributed by atoms with E-state index in [0.29, 0.717) is 23.1 Å². The second-order valence-corrected chi connectivity index (χ2v) is 5.11. The highest BCUT2D eigenvalue weighted by molar-refractivity contribution is 6.32. The molecule has 0 amide bonds. The van der Waals surface area contributed by atoms with Crippen molar-refractivity contribution in [3.05, 3.63) is 52.8 Å². The van der Waals surface area contributed by atoms with Crippen LogP contribution in [0.15, 0.2) is 36.7 Å². The number of aromatic nitrogens is 1. The van der Waals surface area contributed by atoms with E-state index in [1.54, 1.807) is 6.20 Å². The molecular formula is C15H15ClN2O2. The maximum atomic E-state index is 6.16. The van der Waals surface area contributed by atoms with Gasteiger partial charge in [-0.2, -0.15) is 0 Å². The van der Waals surface area contributed by atoms with Crippen LogP contribution in [0, 0.1) is 0 Å². The van der Waals surface area contributed by atoms with E-state index < -0.39 is 0 Å². The molecule has 0 saturated heterocycles. The fourth-order valence-corrected chi connectivity index (χ4v) is 2.43. The molecule has 0 fully saturated rings. The second-order valence-electron chi connectivity index (χ2n) is 4.70. The minimum absolute atomic E-state index is 0.216. The van der Waals surface area contributed by atoms with Crippen molar-refractivity contribution in [1.29, 1.82) is 0 Å². The molecule has 1 atom stereocenters. The van der Waals surface area contributed by atoms with Crippen LogP contribution in [0.5, 0.6) is 11.5 Å². The molecule has 104 valence electrons. The molecule has 2 aromatic rings. The van der Waals surface area contributed by atoms with Gasteiger partial charge in [0.05, 0.1) is 5.02 Å². The third kappa shape index (κ3) is 2.71. The molecule has 5 heteroatoms. The van der Waals surface area contributed by atoms with E-state index in [1.165, 1.54) is 0 Å². The first-order chi connectivity index (χ1) is 9.74. The van der Waals surface area contributed by atoms with Gasteiger partial charge in [0.25, 0.3) is 0 Å². The third-order valence-corrected chi connectivity index (χ3v) is 3.56. The van der Waals surface area contributed by atoms with E-state index in [2.05, 4.69) is 23.3 Å². The van der Waals surface area contributed by atoms with E-state index in [0.717, 1.165) is 11.1 Å². The molecular weight excluding hydrogens is 276 g/mol. The number of nitrogens with one attached hydrogen (secondary N) is 1. The number of hydrogen-bond acceptors (Lipinski definition) is 4. The van der Waals surface area contributed by atoms with Gasteiger partial charge in [-0.1, -0.05) is 17.7 Å². The SMILES string of the molecule is CC(NCc1cc(Cl)c2c(c1)OCO2)c1cccnc1. The van der Waals surface area contributed by atoms with Gasteiger partial charge in [0.1, 0.15) is 0 Å². The van der Waals surface area contributed by atoms with Crippen LogP contribution >= 0.6 is 11.6 Å². The van der Waals surface area contributed by atoms with Crippen molar-refractivity contribution < 1.29 is 9.47 Å². The van der Waals surface area contributed by atoms with Crippen molar-refractivity contribution in [1.82, 2.24) is 10.3 Å². The summed E-state index contributed by atoms with van der Waals surface area (Å²) in [5.74, 6) is 1.35. The van der Waals surface area contributed by atoms with Crippen LogP contribution in [0.1, 0.15) is 24.1 Å². The second kappa shape index (κ2) is 5.69. The molecule has 1 N–H and O–H groups in total. The summed E-state index contributed by atoms with van der Waals surface area (Å²) in [5, 5.41) is 4.03. The predicted octanol–water partition coefficient (Wildman–Crippen LogP) is 3.31. The molecule has 1 unspecified atom stereocenters. The molecule has 0 aliphatic carbocycles. The quantitative estimate of drug-likeness (QED) is 0.938. The van der Waals surface area contributed by atoms with E-state index in [9.17, 15) is 0 Å². The van der Waals surface area contributed by atoms with Crippen LogP contribution in [0.25, 0.3) is 0 Å². The number of pyridine rings is 1. The summed E-state index contributed by atoms with van der Waals surface area (Å²) >= 11 is 6.16. The Morgan fingerprint density at radius 1 is 1.40 bits per heavy atom. The van der Waals surface area contributed by atoms with E-state index in [1.807, 2.05) is 24.4 Å². The highest BCUT2D eigenvalue weighted by Crippen LogP contribution is 2.39. The first kappa shape index (κ1) is 13.2. The number of ether oxygens (including phenoxy) is 2. The van der Waals surface area contributed by atoms with Crippen molar-refractivity contribution in [3.8, 4) is 11.5 Å². The molecule has 0 bridgehead atoms. The molecule has 1 aromatic heterocycles. The predicted molar refractivity (Wildman–Crippen MR) is 77.1 cm³/mol. The van der Waals surface area contributed by atoms with Gasteiger partial charge in [0, 0.05) is 25.0 Å². The molecule has 1 aliphatic rings. The average Bonchev–Trinajstić information content (AvgIpc) is 2.94. The van der Waals surface area contributed by atoms with Crippen molar-refractivity contribution in [2.75, 3.05) is 6.79 Å². The Morgan fingerprint density at radius 2 is 2.30 bits per heavy atom. The first-order valence-corrected chi connectivity index (χ1v) is 6.83. The highest BCUT2D eigenvalue weighted by Gasteiger charge is 2.18. The van der Waals surface area contributed by atoms with Crippen LogP contribution in [0.2, 0.25) is 5.02 Å². The number of nitrogens with zero attached hydrogens (tertiary/aromatic N) is 1. The zero-order chi connectivity index (χ0) is 13.9. The van der Waals surface area contributed by atoms with Crippen molar-refractivity contribution >= 4 is 11.6 Å². The van der Waals surface area contributed by atoms with Crippen LogP contribution in [-0.4, -0.2) is 11.8 Å². The molecule has 20 heavy (non-hydrogen) atoms. The van der Waals surface area contributed by atoms with E-state index in [4.69, 9.17) is 21.1 Å². The smallest absolute Gasteiger partial charge is 0.231 e. The minimum Gasteiger partial charge on any atom is -0.454 e. The number of fused-ring (bicyclic) bond motifs is 1. The van der Waals surface area contributed by atoms with Gasteiger partial charge < -0.3 is 14.8 Å². The maximum Gasteiger partial charge on any atom is 0.231 e. The lowest BCUT2D eigenvalue weighted by atomic mass is 10.1. The Bertz CT molecular complexity index is 604. The van der Waals surface area contributed by atoms with E-state index in [-0.39, 0.29) is 12.8 Å². The zero-order valence-corrected chi connectivity index (χ0v) is 11.9. The Balaban J connectivity index is 1.68. The van der Waals surface area contributed by atoms with Crippen LogP contribution in [-0.2, 0) is 6.54 Å². The summed E-state index contributed by atoms with van der Waals surface area (Å²) in [5.41, 5.74) is 2.22. The third-order valence-electron chi connectivity index (χ3n) is 3.28. The van der Waals surface area contributed by atoms with Gasteiger partial charge in [-0.3, -0.25) is 4.98 Å². The minimum atomic E-state index is 0.216. The lowest BCUT2D eigenvalue weighted by Crippen LogP contribution is -2.18. The summed E-state index contributed by atoms with van der Waals surface area (Å²) in [6.07, 6.45) is 3.64. The van der Waals surface area contributed by atoms with Gasteiger partial charge in [-0.15, -0.1) is 0 Å². The Morgan fingerprint density at radius 3 is 3.10 bits per heavy atom. The lowest BCUT2D eigenvalue weighted by Gasteiger charge is -2.14. The monoisotopic (exact) mass is 290 g/mol. The van der Waals surface area contributed by atoms with Crippen molar-refractivity contribution in [2.45, 2.75) is 19.5 Å². The van der Waals surface area contributed by atoms with Crippen molar-refractivity contribution in [2.24, 2.45) is 0 Å². The summed E-state index contributed by atoms with van der Waals surface area (Å²) in [6, 6.07) is 8.06. The molecule has 4 nitrogen and oxygen atoms in total. The summed E-state index contributed by atoms with van der Waals surface area (Å²) in [6.45, 7) is 3.04. The summed E-state index contributed by atoms with van der Waals surface area (Å²) < 4.78 is 10.7. The number of halogens is 1. The molecule has 0 saturated carbocycles. The van der Waals surface area contributed by atoms with Crippen LogP contribution in [0.3, 0.4) is 0 Å². The number of benzene rings is 1. The number of rotatable bonds is 4. The molecule has 2 heterocycles. The molecule has 1 aromatic carbocycles. The van der Waals surface area contributed by atoms with Crippen molar-refractivity contribution in [3.63, 3.8) is 0 Å². The standard InChI is InChI=1S/C15H15ClN2O2/c1-10(12-3-2-4-17-8-12)18-7-11-5-13(16)15-14(6-11)19-9-20-15/h2-6,8,10,18H,7,9H2,1H3. The molecule has 0 spiro atoms. The average molecular weight is 291 g/mol. The van der Waals surface area contributed by atoms with E-state index >= 15 is 0 Å². The van der Waals surface area contributed by atoms with Crippen LogP contribution in [0.4, 0.5) is 0 Å². The largest absolute Gasteiger partial charge is 0.454 e. The highest BCUT2D eigenvalue weighted by atomic mass is 35.5. The van der Waals surface area contributed by atoms with Gasteiger partial charge in [-0.25, -0.2) is 0 Å². The lowest BCUT2D eigenvalue weighted by molar-refractivity contribution is 0.174.